The molecule has 0 radical (unpaired) electrons. The van der Waals surface area contributed by atoms with Crippen molar-refractivity contribution >= 4 is 28.5 Å². The van der Waals surface area contributed by atoms with Gasteiger partial charge in [0.15, 0.2) is 10.8 Å². The molecule has 1 aromatic rings. The molecule has 2 rings (SSSR count). The zero-order valence-corrected chi connectivity index (χ0v) is 14.0. The standard InChI is InChI=1S/C14H21N3O4S/c1-14(2,3)21-13(19)17-12-16-10(11(18)20-4)9(22-12)7-15-8-5-6-8/h8,15H,5-7H2,1-4H3,(H,16,17,19). The monoisotopic (exact) mass is 327 g/mol. The van der Waals surface area contributed by atoms with E-state index in [0.717, 1.165) is 17.7 Å². The number of amides is 1. The Balaban J connectivity index is 2.07. The van der Waals surface area contributed by atoms with E-state index in [4.69, 9.17) is 9.47 Å². The molecule has 2 N–H and O–H groups in total. The lowest BCUT2D eigenvalue weighted by Crippen LogP contribution is -2.27. The van der Waals surface area contributed by atoms with Gasteiger partial charge in [0.25, 0.3) is 0 Å². The maximum atomic E-state index is 11.8. The summed E-state index contributed by atoms with van der Waals surface area (Å²) in [5, 5.41) is 6.19. The van der Waals surface area contributed by atoms with Gasteiger partial charge in [-0.25, -0.2) is 14.6 Å². The molecule has 1 aliphatic rings. The zero-order chi connectivity index (χ0) is 16.3. The molecule has 1 fully saturated rings. The summed E-state index contributed by atoms with van der Waals surface area (Å²) in [5.74, 6) is -0.513. The van der Waals surface area contributed by atoms with E-state index >= 15 is 0 Å². The molecule has 122 valence electrons. The van der Waals surface area contributed by atoms with Crippen LogP contribution in [0.3, 0.4) is 0 Å². The van der Waals surface area contributed by atoms with Crippen LogP contribution in [0, 0.1) is 0 Å². The molecule has 1 saturated carbocycles. The van der Waals surface area contributed by atoms with Gasteiger partial charge in [-0.15, -0.1) is 0 Å². The summed E-state index contributed by atoms with van der Waals surface area (Å²) in [7, 11) is 1.31. The minimum Gasteiger partial charge on any atom is -0.464 e. The summed E-state index contributed by atoms with van der Waals surface area (Å²) >= 11 is 1.24. The Morgan fingerprint density at radius 3 is 2.59 bits per heavy atom. The number of carbonyl (C=O) groups excluding carboxylic acids is 2. The first-order valence-electron chi connectivity index (χ1n) is 7.10. The number of methoxy groups -OCH3 is 1. The van der Waals surface area contributed by atoms with Crippen molar-refractivity contribution < 1.29 is 19.1 Å². The first-order valence-corrected chi connectivity index (χ1v) is 7.91. The summed E-state index contributed by atoms with van der Waals surface area (Å²) in [6.07, 6.45) is 1.70. The molecule has 8 heteroatoms. The third-order valence-electron chi connectivity index (χ3n) is 2.81. The number of nitrogens with one attached hydrogen (secondary N) is 2. The van der Waals surface area contributed by atoms with E-state index in [-0.39, 0.29) is 5.69 Å². The van der Waals surface area contributed by atoms with Crippen LogP contribution in [0.25, 0.3) is 0 Å². The van der Waals surface area contributed by atoms with Crippen molar-refractivity contribution in [1.82, 2.24) is 10.3 Å². The predicted molar refractivity (Wildman–Crippen MR) is 83.2 cm³/mol. The van der Waals surface area contributed by atoms with Gasteiger partial charge in [-0.3, -0.25) is 5.32 Å². The van der Waals surface area contributed by atoms with E-state index in [1.807, 2.05) is 0 Å². The minimum absolute atomic E-state index is 0.228. The first-order chi connectivity index (χ1) is 10.3. The van der Waals surface area contributed by atoms with Crippen LogP contribution in [0.4, 0.5) is 9.93 Å². The predicted octanol–water partition coefficient (Wildman–Crippen LogP) is 2.53. The average molecular weight is 327 g/mol. The van der Waals surface area contributed by atoms with Gasteiger partial charge < -0.3 is 14.8 Å². The van der Waals surface area contributed by atoms with E-state index in [0.29, 0.717) is 17.7 Å². The van der Waals surface area contributed by atoms with Gasteiger partial charge in [0.1, 0.15) is 5.60 Å². The topological polar surface area (TPSA) is 89.5 Å². The highest BCUT2D eigenvalue weighted by Gasteiger charge is 2.25. The van der Waals surface area contributed by atoms with Crippen LogP contribution in [0.5, 0.6) is 0 Å². The average Bonchev–Trinajstić information content (AvgIpc) is 3.14. The van der Waals surface area contributed by atoms with Gasteiger partial charge in [-0.2, -0.15) is 0 Å². The maximum absolute atomic E-state index is 11.8. The Kier molecular flexibility index (Phi) is 5.02. The minimum atomic E-state index is -0.598. The quantitative estimate of drug-likeness (QED) is 0.808. The summed E-state index contributed by atoms with van der Waals surface area (Å²) in [6.45, 7) is 5.86. The Morgan fingerprint density at radius 2 is 2.05 bits per heavy atom. The molecule has 1 amide bonds. The molecule has 0 saturated heterocycles. The lowest BCUT2D eigenvalue weighted by Gasteiger charge is -2.18. The highest BCUT2D eigenvalue weighted by molar-refractivity contribution is 7.16. The maximum Gasteiger partial charge on any atom is 0.413 e. The lowest BCUT2D eigenvalue weighted by atomic mass is 10.2. The van der Waals surface area contributed by atoms with Gasteiger partial charge in [-0.05, 0) is 33.6 Å². The van der Waals surface area contributed by atoms with Gasteiger partial charge >= 0.3 is 12.1 Å². The molecule has 7 nitrogen and oxygen atoms in total. The summed E-state index contributed by atoms with van der Waals surface area (Å²) < 4.78 is 9.90. The van der Waals surface area contributed by atoms with Crippen molar-refractivity contribution in [2.45, 2.75) is 51.8 Å². The largest absolute Gasteiger partial charge is 0.464 e. The number of carbonyl (C=O) groups is 2. The second-order valence-electron chi connectivity index (χ2n) is 6.06. The molecule has 1 aromatic heterocycles. The molecule has 22 heavy (non-hydrogen) atoms. The number of ether oxygens (including phenoxy) is 2. The van der Waals surface area contributed by atoms with E-state index in [9.17, 15) is 9.59 Å². The summed E-state index contributed by atoms with van der Waals surface area (Å²) in [6, 6.07) is 0.509. The Labute approximate surface area is 133 Å². The van der Waals surface area contributed by atoms with Crippen molar-refractivity contribution in [2.24, 2.45) is 0 Å². The van der Waals surface area contributed by atoms with Gasteiger partial charge in [0.2, 0.25) is 0 Å². The highest BCUT2D eigenvalue weighted by atomic mass is 32.1. The van der Waals surface area contributed by atoms with Crippen molar-refractivity contribution in [3.63, 3.8) is 0 Å². The van der Waals surface area contributed by atoms with Crippen LogP contribution in [0.2, 0.25) is 0 Å². The fraction of sp³-hybridized carbons (Fsp3) is 0.643. The van der Waals surface area contributed by atoms with Crippen molar-refractivity contribution in [2.75, 3.05) is 12.4 Å². The van der Waals surface area contributed by atoms with Crippen molar-refractivity contribution in [3.05, 3.63) is 10.6 Å². The van der Waals surface area contributed by atoms with Crippen LogP contribution in [0.15, 0.2) is 0 Å². The number of nitrogens with zero attached hydrogens (tertiary/aromatic N) is 1. The molecule has 0 aliphatic heterocycles. The fourth-order valence-electron chi connectivity index (χ4n) is 1.70. The molecule has 0 atom stereocenters. The second-order valence-corrected chi connectivity index (χ2v) is 7.15. The number of aromatic nitrogens is 1. The molecule has 1 aliphatic carbocycles. The highest BCUT2D eigenvalue weighted by Crippen LogP contribution is 2.26. The fourth-order valence-corrected chi connectivity index (χ4v) is 2.58. The van der Waals surface area contributed by atoms with Crippen molar-refractivity contribution in [3.8, 4) is 0 Å². The summed E-state index contributed by atoms with van der Waals surface area (Å²) in [5.41, 5.74) is -0.366. The Bertz CT molecular complexity index is 561. The molecule has 0 unspecified atom stereocenters. The van der Waals surface area contributed by atoms with Crippen LogP contribution >= 0.6 is 11.3 Å². The van der Waals surface area contributed by atoms with E-state index in [1.54, 1.807) is 20.8 Å². The molecule has 1 heterocycles. The zero-order valence-electron chi connectivity index (χ0n) is 13.2. The van der Waals surface area contributed by atoms with Crippen molar-refractivity contribution in [1.29, 1.82) is 0 Å². The number of rotatable bonds is 5. The van der Waals surface area contributed by atoms with Crippen LogP contribution in [-0.4, -0.2) is 35.8 Å². The number of thiazole rings is 1. The van der Waals surface area contributed by atoms with E-state index in [1.165, 1.54) is 18.4 Å². The third-order valence-corrected chi connectivity index (χ3v) is 3.78. The number of esters is 1. The molecule has 0 aromatic carbocycles. The van der Waals surface area contributed by atoms with Gasteiger partial charge in [0, 0.05) is 12.6 Å². The van der Waals surface area contributed by atoms with Gasteiger partial charge in [-0.1, -0.05) is 11.3 Å². The molecular weight excluding hydrogens is 306 g/mol. The first kappa shape index (κ1) is 16.7. The third kappa shape index (κ3) is 4.96. The van der Waals surface area contributed by atoms with E-state index in [2.05, 4.69) is 15.6 Å². The van der Waals surface area contributed by atoms with Crippen LogP contribution < -0.4 is 10.6 Å². The number of hydrogen-bond acceptors (Lipinski definition) is 7. The lowest BCUT2D eigenvalue weighted by molar-refractivity contribution is 0.0589. The Hall–Kier alpha value is -1.67. The molecule has 0 bridgehead atoms. The summed E-state index contributed by atoms with van der Waals surface area (Å²) in [4.78, 5) is 28.4. The van der Waals surface area contributed by atoms with Crippen LogP contribution in [0.1, 0.15) is 49.0 Å². The SMILES string of the molecule is COC(=O)c1nc(NC(=O)OC(C)(C)C)sc1CNC1CC1. The number of hydrogen-bond donors (Lipinski definition) is 2. The van der Waals surface area contributed by atoms with E-state index < -0.39 is 17.7 Å². The number of anilines is 1. The molecule has 0 spiro atoms. The normalized spacial score (nSPS) is 14.5. The second kappa shape index (κ2) is 6.62. The Morgan fingerprint density at radius 1 is 1.36 bits per heavy atom. The smallest absolute Gasteiger partial charge is 0.413 e. The van der Waals surface area contributed by atoms with Crippen LogP contribution in [-0.2, 0) is 16.0 Å². The van der Waals surface area contributed by atoms with Gasteiger partial charge in [0.05, 0.1) is 12.0 Å². The molecular formula is C14H21N3O4S.